The third-order valence-electron chi connectivity index (χ3n) is 6.41. The van der Waals surface area contributed by atoms with Gasteiger partial charge in [0.25, 0.3) is 11.6 Å². The van der Waals surface area contributed by atoms with Gasteiger partial charge in [-0.3, -0.25) is 34.1 Å². The van der Waals surface area contributed by atoms with Crippen molar-refractivity contribution in [2.45, 2.75) is 85.5 Å². The molecule has 0 radical (unpaired) electrons. The van der Waals surface area contributed by atoms with Gasteiger partial charge in [0, 0.05) is 42.3 Å². The van der Waals surface area contributed by atoms with Crippen molar-refractivity contribution in [1.29, 1.82) is 0 Å². The number of nitro groups is 1. The van der Waals surface area contributed by atoms with Crippen LogP contribution in [0.25, 0.3) is 5.69 Å². The van der Waals surface area contributed by atoms with Crippen molar-refractivity contribution < 1.29 is 34.0 Å². The van der Waals surface area contributed by atoms with Gasteiger partial charge in [0.1, 0.15) is 5.82 Å². The number of hydrogen-bond acceptors (Lipinski definition) is 9. The molecule has 0 saturated carbocycles. The molecule has 0 aliphatic rings. The molecule has 0 fully saturated rings. The zero-order chi connectivity index (χ0) is 32.5. The van der Waals surface area contributed by atoms with Crippen LogP contribution in [0.4, 0.5) is 5.69 Å². The highest BCUT2D eigenvalue weighted by molar-refractivity contribution is 5.99. The number of unbranched alkanes of at least 4 members (excludes halogenated alkanes) is 2. The normalized spacial score (nSPS) is 11.6. The van der Waals surface area contributed by atoms with E-state index in [1.807, 2.05) is 20.8 Å². The van der Waals surface area contributed by atoms with E-state index in [0.29, 0.717) is 25.1 Å². The van der Waals surface area contributed by atoms with E-state index in [1.165, 1.54) is 16.8 Å². The first kappa shape index (κ1) is 34.7. The Morgan fingerprint density at radius 2 is 1.63 bits per heavy atom. The highest BCUT2D eigenvalue weighted by Crippen LogP contribution is 2.28. The number of benzene rings is 1. The first-order valence-corrected chi connectivity index (χ1v) is 14.0. The van der Waals surface area contributed by atoms with Gasteiger partial charge in [-0.15, -0.1) is 5.10 Å². The number of carboxylic acid groups (broad SMARTS) is 1. The molecule has 14 heteroatoms. The number of nitrogens with zero attached hydrogens (tertiary/aromatic N) is 4. The molecule has 3 N–H and O–H groups in total. The second kappa shape index (κ2) is 14.6. The number of aromatic nitrogens is 3. The van der Waals surface area contributed by atoms with Crippen molar-refractivity contribution in [1.82, 2.24) is 25.4 Å². The van der Waals surface area contributed by atoms with Gasteiger partial charge in [-0.05, 0) is 18.9 Å². The minimum absolute atomic E-state index is 0.0232. The number of amides is 2. The van der Waals surface area contributed by atoms with Crippen molar-refractivity contribution in [3.8, 4) is 5.69 Å². The molecule has 0 spiro atoms. The predicted octanol–water partition coefficient (Wildman–Crippen LogP) is 3.54. The number of carbonyl (C=O) groups is 5. The molecular formula is C29H40N6O8. The van der Waals surface area contributed by atoms with E-state index in [0.717, 1.165) is 6.07 Å². The zero-order valence-electron chi connectivity index (χ0n) is 25.5. The van der Waals surface area contributed by atoms with Crippen LogP contribution in [0.5, 0.6) is 0 Å². The van der Waals surface area contributed by atoms with E-state index in [2.05, 4.69) is 20.7 Å². The fourth-order valence-corrected chi connectivity index (χ4v) is 3.84. The number of hydrogen-bond donors (Lipinski definition) is 3. The number of non-ortho nitro benzene ring substituents is 1. The Balaban J connectivity index is 2.15. The van der Waals surface area contributed by atoms with Crippen molar-refractivity contribution in [3.63, 3.8) is 0 Å². The summed E-state index contributed by atoms with van der Waals surface area (Å²) in [7, 11) is 0. The predicted molar refractivity (Wildman–Crippen MR) is 156 cm³/mol. The summed E-state index contributed by atoms with van der Waals surface area (Å²) in [5, 5.41) is 30.0. The summed E-state index contributed by atoms with van der Waals surface area (Å²) in [5.41, 5.74) is -1.41. The largest absolute Gasteiger partial charge is 0.481 e. The maximum Gasteiger partial charge on any atom is 0.303 e. The van der Waals surface area contributed by atoms with Gasteiger partial charge < -0.3 is 15.7 Å². The van der Waals surface area contributed by atoms with Gasteiger partial charge in [-0.25, -0.2) is 9.67 Å². The minimum atomic E-state index is -1.14. The molecule has 1 aromatic heterocycles. The maximum atomic E-state index is 13.2. The fourth-order valence-electron chi connectivity index (χ4n) is 3.84. The van der Waals surface area contributed by atoms with Gasteiger partial charge in [-0.1, -0.05) is 48.0 Å². The second-order valence-electron chi connectivity index (χ2n) is 12.2. The van der Waals surface area contributed by atoms with Crippen LogP contribution in [-0.2, 0) is 19.8 Å². The highest BCUT2D eigenvalue weighted by atomic mass is 16.6. The van der Waals surface area contributed by atoms with Crippen LogP contribution >= 0.6 is 0 Å². The third-order valence-corrected chi connectivity index (χ3v) is 6.41. The Kier molecular flexibility index (Phi) is 11.8. The number of carbonyl (C=O) groups excluding carboxylic acids is 4. The molecule has 0 bridgehead atoms. The van der Waals surface area contributed by atoms with Crippen LogP contribution in [0.15, 0.2) is 18.2 Å². The van der Waals surface area contributed by atoms with Gasteiger partial charge in [0.05, 0.1) is 29.1 Å². The lowest BCUT2D eigenvalue weighted by atomic mass is 9.91. The summed E-state index contributed by atoms with van der Waals surface area (Å²) in [4.78, 5) is 75.9. The van der Waals surface area contributed by atoms with E-state index in [-0.39, 0.29) is 60.4 Å². The molecule has 1 heterocycles. The van der Waals surface area contributed by atoms with E-state index < -0.39 is 39.8 Å². The average Bonchev–Trinajstić information content (AvgIpc) is 3.37. The molecular weight excluding hydrogens is 560 g/mol. The van der Waals surface area contributed by atoms with Gasteiger partial charge in [0.15, 0.2) is 5.78 Å². The molecule has 43 heavy (non-hydrogen) atoms. The molecule has 0 atom stereocenters. The summed E-state index contributed by atoms with van der Waals surface area (Å²) in [6.07, 6.45) is 1.21. The quantitative estimate of drug-likeness (QED) is 0.117. The monoisotopic (exact) mass is 600 g/mol. The number of nitro benzene ring substituents is 1. The topological polar surface area (TPSA) is 203 Å². The number of rotatable bonds is 15. The summed E-state index contributed by atoms with van der Waals surface area (Å²) < 4.78 is 1.29. The first-order chi connectivity index (χ1) is 19.9. The van der Waals surface area contributed by atoms with E-state index in [4.69, 9.17) is 5.11 Å². The Morgan fingerprint density at radius 1 is 0.953 bits per heavy atom. The average molecular weight is 601 g/mol. The third kappa shape index (κ3) is 10.4. The van der Waals surface area contributed by atoms with Crippen LogP contribution in [0, 0.1) is 15.5 Å². The highest BCUT2D eigenvalue weighted by Gasteiger charge is 2.29. The maximum absolute atomic E-state index is 13.2. The Bertz CT molecular complexity index is 1380. The second-order valence-corrected chi connectivity index (χ2v) is 12.2. The van der Waals surface area contributed by atoms with Gasteiger partial charge >= 0.3 is 5.97 Å². The molecule has 0 aliphatic carbocycles. The van der Waals surface area contributed by atoms with Crippen molar-refractivity contribution >= 4 is 35.0 Å². The standard InChI is InChI=1S/C29H40N6O8/c1-28(2,3)22(37)17-31-23(38)10-8-7-9-15-30-26(41)19-16-18(35(42)43)11-12-20(19)34-27(29(4,5)6)32-25(33-34)21(36)13-14-24(39)40/h11-12,16H,7-10,13-15,17H2,1-6H3,(H,30,41)(H,31,38)(H,39,40). The van der Waals surface area contributed by atoms with Crippen LogP contribution in [0.3, 0.4) is 0 Å². The molecule has 0 aliphatic heterocycles. The van der Waals surface area contributed by atoms with Crippen LogP contribution < -0.4 is 10.6 Å². The molecule has 2 rings (SSSR count). The molecule has 0 saturated heterocycles. The summed E-state index contributed by atoms with van der Waals surface area (Å²) in [6.45, 7) is 11.0. The lowest BCUT2D eigenvalue weighted by molar-refractivity contribution is -0.384. The van der Waals surface area contributed by atoms with E-state index >= 15 is 0 Å². The van der Waals surface area contributed by atoms with Crippen LogP contribution in [-0.4, -0.2) is 67.2 Å². The SMILES string of the molecule is CC(C)(C)C(=O)CNC(=O)CCCCCNC(=O)c1cc([N+](=O)[O-])ccc1-n1nc(C(=O)CCC(=O)O)nc1C(C)(C)C. The van der Waals surface area contributed by atoms with Crippen molar-refractivity contribution in [2.75, 3.05) is 13.1 Å². The minimum Gasteiger partial charge on any atom is -0.481 e. The Labute approximate surface area is 249 Å². The number of ketones is 2. The van der Waals surface area contributed by atoms with Crippen molar-refractivity contribution in [3.05, 3.63) is 45.5 Å². The molecule has 234 valence electrons. The van der Waals surface area contributed by atoms with Crippen molar-refractivity contribution in [2.24, 2.45) is 5.41 Å². The van der Waals surface area contributed by atoms with Gasteiger partial charge in [-0.2, -0.15) is 0 Å². The number of aliphatic carboxylic acids is 1. The number of carboxylic acids is 1. The first-order valence-electron chi connectivity index (χ1n) is 14.0. The van der Waals surface area contributed by atoms with E-state index in [9.17, 15) is 34.1 Å². The van der Waals surface area contributed by atoms with Crippen LogP contribution in [0.2, 0.25) is 0 Å². The molecule has 14 nitrogen and oxygen atoms in total. The summed E-state index contributed by atoms with van der Waals surface area (Å²) >= 11 is 0. The van der Waals surface area contributed by atoms with Crippen LogP contribution in [0.1, 0.15) is 107 Å². The molecule has 1 aromatic carbocycles. The van der Waals surface area contributed by atoms with Gasteiger partial charge in [0.2, 0.25) is 17.5 Å². The lowest BCUT2D eigenvalue weighted by Crippen LogP contribution is -2.35. The number of nitrogens with one attached hydrogen (secondary N) is 2. The molecule has 2 amide bonds. The molecule has 0 unspecified atom stereocenters. The fraction of sp³-hybridized carbons (Fsp3) is 0.552. The number of Topliss-reactive ketones (excluding diaryl/α,β-unsaturated/α-hetero) is 2. The zero-order valence-corrected chi connectivity index (χ0v) is 25.5. The van der Waals surface area contributed by atoms with E-state index in [1.54, 1.807) is 20.8 Å². The Hall–Kier alpha value is -4.49. The Morgan fingerprint density at radius 3 is 2.21 bits per heavy atom. The smallest absolute Gasteiger partial charge is 0.303 e. The molecule has 2 aromatic rings. The summed E-state index contributed by atoms with van der Waals surface area (Å²) in [6, 6.07) is 3.69. The summed E-state index contributed by atoms with van der Waals surface area (Å²) in [5.74, 6) is -2.55. The lowest BCUT2D eigenvalue weighted by Gasteiger charge is -2.19.